The van der Waals surface area contributed by atoms with Gasteiger partial charge in [0, 0.05) is 24.2 Å². The molecule has 0 saturated carbocycles. The van der Waals surface area contributed by atoms with Gasteiger partial charge in [-0.15, -0.1) is 0 Å². The average Bonchev–Trinajstić information content (AvgIpc) is 3.11. The van der Waals surface area contributed by atoms with Crippen molar-refractivity contribution >= 4 is 23.4 Å². The molecule has 1 amide bonds. The topological polar surface area (TPSA) is 88.7 Å². The zero-order valence-electron chi connectivity index (χ0n) is 21.9. The summed E-state index contributed by atoms with van der Waals surface area (Å²) in [7, 11) is 0. The van der Waals surface area contributed by atoms with Gasteiger partial charge in [-0.1, -0.05) is 19.6 Å². The molecule has 1 aromatic rings. The lowest BCUT2D eigenvalue weighted by Gasteiger charge is -2.20. The number of hydrogen-bond acceptors (Lipinski definition) is 5. The maximum Gasteiger partial charge on any atom is 0.355 e. The highest BCUT2D eigenvalue weighted by molar-refractivity contribution is 6.02. The van der Waals surface area contributed by atoms with Crippen LogP contribution in [0.3, 0.4) is 0 Å². The molecule has 7 nitrogen and oxygen atoms in total. The monoisotopic (exact) mass is 482 g/mol. The zero-order valence-corrected chi connectivity index (χ0v) is 21.9. The number of aromatic nitrogens is 1. The molecule has 0 atom stereocenters. The number of aromatic amines is 1. The van der Waals surface area contributed by atoms with E-state index >= 15 is 0 Å². The number of hydrogen-bond donors (Lipinski definition) is 1. The quantitative estimate of drug-likeness (QED) is 0.396. The summed E-state index contributed by atoms with van der Waals surface area (Å²) in [5, 5.41) is 0. The molecule has 1 aromatic heterocycles. The Labute approximate surface area is 208 Å². The number of carbonyl (C=O) groups is 3. The summed E-state index contributed by atoms with van der Waals surface area (Å²) < 4.78 is 10.8. The van der Waals surface area contributed by atoms with Crippen molar-refractivity contribution in [3.8, 4) is 0 Å². The first-order chi connectivity index (χ1) is 16.5. The van der Waals surface area contributed by atoms with Gasteiger partial charge in [-0.2, -0.15) is 0 Å². The Hall–Kier alpha value is -3.09. The maximum atomic E-state index is 13.2. The first kappa shape index (κ1) is 26.5. The first-order valence-electron chi connectivity index (χ1n) is 12.5. The van der Waals surface area contributed by atoms with Crippen molar-refractivity contribution in [2.75, 3.05) is 13.2 Å². The first-order valence-corrected chi connectivity index (χ1v) is 12.5. The van der Waals surface area contributed by atoms with Crippen LogP contribution in [0.15, 0.2) is 29.5 Å². The van der Waals surface area contributed by atoms with Crippen LogP contribution < -0.4 is 0 Å². The van der Waals surface area contributed by atoms with Gasteiger partial charge in [0.15, 0.2) is 0 Å². The standard InChI is InChI=1S/C28H38N2O5/c1-8-16-34-22(31)14-13-20-17(3)23(29-24(20)27(33)35-28(5,6)7)21-12-10-11-15-30-25(21)18(4)19(9-2)26(30)32/h8,29H,1,9-16H2,2-7H3. The molecule has 0 aromatic carbocycles. The molecule has 190 valence electrons. The van der Waals surface area contributed by atoms with Crippen molar-refractivity contribution in [2.45, 2.75) is 85.7 Å². The fraction of sp³-hybridized carbons (Fsp3) is 0.536. The Kier molecular flexibility index (Phi) is 8.08. The van der Waals surface area contributed by atoms with E-state index in [9.17, 15) is 14.4 Å². The minimum Gasteiger partial charge on any atom is -0.461 e. The lowest BCUT2D eigenvalue weighted by molar-refractivity contribution is -0.142. The number of nitrogens with zero attached hydrogens (tertiary/aromatic N) is 1. The van der Waals surface area contributed by atoms with E-state index in [1.165, 1.54) is 6.08 Å². The highest BCUT2D eigenvalue weighted by Gasteiger charge is 2.36. The van der Waals surface area contributed by atoms with Crippen LogP contribution in [0.25, 0.3) is 5.57 Å². The third-order valence-electron chi connectivity index (χ3n) is 6.50. The molecule has 0 fully saturated rings. The molecular formula is C28H38N2O5. The minimum atomic E-state index is -0.662. The number of carbonyl (C=O) groups excluding carboxylic acids is 3. The van der Waals surface area contributed by atoms with E-state index in [0.29, 0.717) is 25.1 Å². The van der Waals surface area contributed by atoms with E-state index in [2.05, 4.69) is 11.6 Å². The molecule has 0 aliphatic carbocycles. The summed E-state index contributed by atoms with van der Waals surface area (Å²) in [4.78, 5) is 43.7. The summed E-state index contributed by atoms with van der Waals surface area (Å²) in [6, 6.07) is 0. The van der Waals surface area contributed by atoms with Crippen LogP contribution in [0.2, 0.25) is 0 Å². The normalized spacial score (nSPS) is 16.4. The largest absolute Gasteiger partial charge is 0.461 e. The number of fused-ring (bicyclic) bond motifs is 1. The Balaban J connectivity index is 2.12. The van der Waals surface area contributed by atoms with Gasteiger partial charge in [0.2, 0.25) is 0 Å². The van der Waals surface area contributed by atoms with Gasteiger partial charge in [-0.25, -0.2) is 4.79 Å². The lowest BCUT2D eigenvalue weighted by atomic mass is 9.95. The second kappa shape index (κ2) is 10.7. The van der Waals surface area contributed by atoms with Gasteiger partial charge in [0.1, 0.15) is 17.9 Å². The van der Waals surface area contributed by atoms with E-state index in [1.807, 2.05) is 46.4 Å². The molecule has 2 aliphatic heterocycles. The SMILES string of the molecule is C=CCOC(=O)CCc1c(C(=O)OC(C)(C)C)[nH]c(C2=C3C(C)=C(CC)C(=O)N3CCCC2)c1C. The van der Waals surface area contributed by atoms with Gasteiger partial charge >= 0.3 is 11.9 Å². The Morgan fingerprint density at radius 2 is 1.91 bits per heavy atom. The van der Waals surface area contributed by atoms with Crippen molar-refractivity contribution in [3.63, 3.8) is 0 Å². The summed E-state index contributed by atoms with van der Waals surface area (Å²) in [5.74, 6) is -0.722. The Morgan fingerprint density at radius 3 is 2.54 bits per heavy atom. The predicted octanol–water partition coefficient (Wildman–Crippen LogP) is 5.40. The van der Waals surface area contributed by atoms with Crippen LogP contribution in [0.4, 0.5) is 0 Å². The molecular weight excluding hydrogens is 444 g/mol. The summed E-state index contributed by atoms with van der Waals surface area (Å²) in [5.41, 5.74) is 6.04. The minimum absolute atomic E-state index is 0.0844. The number of nitrogens with one attached hydrogen (secondary N) is 1. The highest BCUT2D eigenvalue weighted by atomic mass is 16.6. The van der Waals surface area contributed by atoms with Gasteiger partial charge in [0.25, 0.3) is 5.91 Å². The Morgan fingerprint density at radius 1 is 1.20 bits per heavy atom. The van der Waals surface area contributed by atoms with Gasteiger partial charge in [0.05, 0.1) is 5.70 Å². The second-order valence-electron chi connectivity index (χ2n) is 10.2. The highest BCUT2D eigenvalue weighted by Crippen LogP contribution is 2.41. The van der Waals surface area contributed by atoms with E-state index in [0.717, 1.165) is 58.5 Å². The predicted molar refractivity (Wildman–Crippen MR) is 136 cm³/mol. The van der Waals surface area contributed by atoms with Crippen LogP contribution >= 0.6 is 0 Å². The number of H-pyrrole nitrogens is 1. The van der Waals surface area contributed by atoms with Gasteiger partial charge in [-0.05, 0) is 89.0 Å². The van der Waals surface area contributed by atoms with E-state index in [1.54, 1.807) is 0 Å². The van der Waals surface area contributed by atoms with Gasteiger partial charge < -0.3 is 19.4 Å². The molecule has 7 heteroatoms. The fourth-order valence-corrected chi connectivity index (χ4v) is 4.92. The van der Waals surface area contributed by atoms with Crippen LogP contribution in [-0.2, 0) is 25.5 Å². The molecule has 0 unspecified atom stereocenters. The lowest BCUT2D eigenvalue weighted by Crippen LogP contribution is -2.26. The number of esters is 2. The average molecular weight is 483 g/mol. The molecule has 0 radical (unpaired) electrons. The fourth-order valence-electron chi connectivity index (χ4n) is 4.92. The van der Waals surface area contributed by atoms with E-state index in [4.69, 9.17) is 9.47 Å². The van der Waals surface area contributed by atoms with Crippen LogP contribution in [0, 0.1) is 6.92 Å². The molecule has 3 rings (SSSR count). The molecule has 0 saturated heterocycles. The molecule has 0 bridgehead atoms. The molecule has 1 N–H and O–H groups in total. The number of allylic oxidation sites excluding steroid dienone is 2. The van der Waals surface area contributed by atoms with E-state index in [-0.39, 0.29) is 24.9 Å². The summed E-state index contributed by atoms with van der Waals surface area (Å²) in [6.07, 6.45) is 5.35. The van der Waals surface area contributed by atoms with Crippen molar-refractivity contribution in [1.29, 1.82) is 0 Å². The van der Waals surface area contributed by atoms with Gasteiger partial charge in [-0.3, -0.25) is 9.59 Å². The van der Waals surface area contributed by atoms with Crippen LogP contribution in [0.5, 0.6) is 0 Å². The van der Waals surface area contributed by atoms with Crippen molar-refractivity contribution in [3.05, 3.63) is 52.0 Å². The third kappa shape index (κ3) is 5.60. The Bertz CT molecular complexity index is 1100. The van der Waals surface area contributed by atoms with Crippen molar-refractivity contribution < 1.29 is 23.9 Å². The summed E-state index contributed by atoms with van der Waals surface area (Å²) in [6.45, 7) is 15.9. The summed E-state index contributed by atoms with van der Waals surface area (Å²) >= 11 is 0. The van der Waals surface area contributed by atoms with Crippen molar-refractivity contribution in [1.82, 2.24) is 9.88 Å². The number of amides is 1. The second-order valence-corrected chi connectivity index (χ2v) is 10.2. The molecule has 0 spiro atoms. The smallest absolute Gasteiger partial charge is 0.355 e. The zero-order chi connectivity index (χ0) is 25.9. The molecule has 3 heterocycles. The van der Waals surface area contributed by atoms with E-state index < -0.39 is 11.6 Å². The third-order valence-corrected chi connectivity index (χ3v) is 6.50. The number of ether oxygens (including phenoxy) is 2. The number of rotatable bonds is 8. The van der Waals surface area contributed by atoms with Crippen LogP contribution in [0.1, 0.15) is 94.0 Å². The van der Waals surface area contributed by atoms with Crippen LogP contribution in [-0.4, -0.2) is 46.5 Å². The maximum absolute atomic E-state index is 13.2. The van der Waals surface area contributed by atoms with Crippen molar-refractivity contribution in [2.24, 2.45) is 0 Å². The molecule has 2 aliphatic rings. The molecule has 35 heavy (non-hydrogen) atoms.